The van der Waals surface area contributed by atoms with Crippen LogP contribution in [0.2, 0.25) is 0 Å². The van der Waals surface area contributed by atoms with Crippen molar-refractivity contribution in [1.82, 2.24) is 4.98 Å². The molecule has 0 bridgehead atoms. The number of fused-ring (bicyclic) bond motifs is 2. The number of anilines is 1. The highest BCUT2D eigenvalue weighted by molar-refractivity contribution is 5.99. The first-order chi connectivity index (χ1) is 9.29. The van der Waals surface area contributed by atoms with E-state index >= 15 is 0 Å². The lowest BCUT2D eigenvalue weighted by Crippen LogP contribution is -2.03. The molecule has 0 aliphatic rings. The van der Waals surface area contributed by atoms with Gasteiger partial charge in [-0.1, -0.05) is 24.3 Å². The summed E-state index contributed by atoms with van der Waals surface area (Å²) in [5.41, 5.74) is 15.8. The van der Waals surface area contributed by atoms with E-state index in [9.17, 15) is 0 Å². The third kappa shape index (κ3) is 3.38. The fourth-order valence-electron chi connectivity index (χ4n) is 2.43. The van der Waals surface area contributed by atoms with Crippen LogP contribution < -0.4 is 11.5 Å². The molecule has 0 aliphatic carbocycles. The van der Waals surface area contributed by atoms with Gasteiger partial charge < -0.3 is 11.5 Å². The molecular weight excluding hydrogens is 305 g/mol. The van der Waals surface area contributed by atoms with Gasteiger partial charge in [0, 0.05) is 16.5 Å². The van der Waals surface area contributed by atoms with Gasteiger partial charge in [-0.3, -0.25) is 0 Å². The molecule has 3 aromatic rings. The molecule has 0 unspecified atom stereocenters. The Labute approximate surface area is 136 Å². The highest BCUT2D eigenvalue weighted by Gasteiger charge is 2.06. The van der Waals surface area contributed by atoms with Gasteiger partial charge in [0.15, 0.2) is 0 Å². The van der Waals surface area contributed by atoms with Gasteiger partial charge in [0.1, 0.15) is 0 Å². The fraction of sp³-hybridized carbons (Fsp3) is 0.188. The number of hydrogen-bond donors (Lipinski definition) is 2. The number of nitrogen functional groups attached to an aromatic ring is 1. The van der Waals surface area contributed by atoms with Gasteiger partial charge in [-0.25, -0.2) is 4.98 Å². The average molecular weight is 324 g/mol. The zero-order valence-electron chi connectivity index (χ0n) is 11.6. The summed E-state index contributed by atoms with van der Waals surface area (Å²) in [5.74, 6) is 0. The highest BCUT2D eigenvalue weighted by atomic mass is 35.5. The normalized spacial score (nSPS) is 10.1. The van der Waals surface area contributed by atoms with Crippen molar-refractivity contribution < 1.29 is 0 Å². The standard InChI is InChI=1S/C16H17N3.2ClH/c17-9-3-5-11-7-8-15-13(16(11)18)10-12-4-1-2-6-14(12)19-15;;/h1-2,4,6-8,10H,3,5,9,17-18H2;2*1H. The van der Waals surface area contributed by atoms with Crippen LogP contribution in [0.4, 0.5) is 5.69 Å². The Morgan fingerprint density at radius 1 is 0.952 bits per heavy atom. The number of nitrogens with zero attached hydrogens (tertiary/aromatic N) is 1. The minimum Gasteiger partial charge on any atom is -0.398 e. The van der Waals surface area contributed by atoms with E-state index in [0.29, 0.717) is 6.54 Å². The summed E-state index contributed by atoms with van der Waals surface area (Å²) in [4.78, 5) is 4.66. The fourth-order valence-corrected chi connectivity index (χ4v) is 2.43. The molecule has 0 aliphatic heterocycles. The van der Waals surface area contributed by atoms with Gasteiger partial charge in [-0.15, -0.1) is 24.8 Å². The summed E-state index contributed by atoms with van der Waals surface area (Å²) >= 11 is 0. The molecule has 3 nitrogen and oxygen atoms in total. The molecule has 0 radical (unpaired) electrons. The van der Waals surface area contributed by atoms with Crippen molar-refractivity contribution in [3.8, 4) is 0 Å². The molecule has 0 saturated carbocycles. The quantitative estimate of drug-likeness (QED) is 0.570. The molecule has 4 N–H and O–H groups in total. The predicted molar refractivity (Wildman–Crippen MR) is 95.5 cm³/mol. The topological polar surface area (TPSA) is 64.9 Å². The first-order valence-electron chi connectivity index (χ1n) is 6.56. The summed E-state index contributed by atoms with van der Waals surface area (Å²) in [5, 5.41) is 2.16. The summed E-state index contributed by atoms with van der Waals surface area (Å²) in [7, 11) is 0. The molecule has 0 saturated heterocycles. The molecule has 21 heavy (non-hydrogen) atoms. The number of halogens is 2. The van der Waals surface area contributed by atoms with Crippen LogP contribution in [0.25, 0.3) is 21.8 Å². The Morgan fingerprint density at radius 3 is 2.48 bits per heavy atom. The summed E-state index contributed by atoms with van der Waals surface area (Å²) in [6.07, 6.45) is 1.88. The molecular formula is C16H19Cl2N3. The van der Waals surface area contributed by atoms with Crippen molar-refractivity contribution in [3.05, 3.63) is 48.0 Å². The van der Waals surface area contributed by atoms with E-state index in [1.165, 1.54) is 0 Å². The Kier molecular flexibility index (Phi) is 6.21. The van der Waals surface area contributed by atoms with Crippen molar-refractivity contribution in [1.29, 1.82) is 0 Å². The van der Waals surface area contributed by atoms with Crippen molar-refractivity contribution >= 4 is 52.3 Å². The maximum Gasteiger partial charge on any atom is 0.0730 e. The Bertz CT molecular complexity index is 744. The van der Waals surface area contributed by atoms with E-state index in [2.05, 4.69) is 23.2 Å². The lowest BCUT2D eigenvalue weighted by Gasteiger charge is -2.09. The number of nitrogens with two attached hydrogens (primary N) is 2. The Balaban J connectivity index is 0.00000110. The number of hydrogen-bond acceptors (Lipinski definition) is 3. The zero-order valence-corrected chi connectivity index (χ0v) is 13.2. The predicted octanol–water partition coefficient (Wildman–Crippen LogP) is 3.71. The molecule has 3 rings (SSSR count). The molecule has 2 aromatic carbocycles. The monoisotopic (exact) mass is 323 g/mol. The first-order valence-corrected chi connectivity index (χ1v) is 6.56. The van der Waals surface area contributed by atoms with E-state index in [-0.39, 0.29) is 24.8 Å². The van der Waals surface area contributed by atoms with E-state index in [1.54, 1.807) is 0 Å². The molecule has 112 valence electrons. The van der Waals surface area contributed by atoms with Crippen LogP contribution in [-0.4, -0.2) is 11.5 Å². The van der Waals surface area contributed by atoms with Gasteiger partial charge in [-0.05, 0) is 43.1 Å². The van der Waals surface area contributed by atoms with Gasteiger partial charge >= 0.3 is 0 Å². The minimum atomic E-state index is 0. The lowest BCUT2D eigenvalue weighted by molar-refractivity contribution is 0.835. The van der Waals surface area contributed by atoms with Gasteiger partial charge in [0.05, 0.1) is 11.0 Å². The maximum atomic E-state index is 6.27. The molecule has 1 aromatic heterocycles. The van der Waals surface area contributed by atoms with Crippen LogP contribution in [0.3, 0.4) is 0 Å². The second-order valence-electron chi connectivity index (χ2n) is 4.78. The summed E-state index contributed by atoms with van der Waals surface area (Å²) in [6.45, 7) is 0.688. The van der Waals surface area contributed by atoms with Gasteiger partial charge in [-0.2, -0.15) is 0 Å². The second-order valence-corrected chi connectivity index (χ2v) is 4.78. The third-order valence-corrected chi connectivity index (χ3v) is 3.48. The smallest absolute Gasteiger partial charge is 0.0730 e. The van der Waals surface area contributed by atoms with Gasteiger partial charge in [0.2, 0.25) is 0 Å². The number of pyridine rings is 1. The average Bonchev–Trinajstić information content (AvgIpc) is 2.45. The zero-order chi connectivity index (χ0) is 13.2. The maximum absolute atomic E-state index is 6.27. The lowest BCUT2D eigenvalue weighted by atomic mass is 10.0. The van der Waals surface area contributed by atoms with E-state index in [1.807, 2.05) is 24.3 Å². The molecule has 0 spiro atoms. The number of benzene rings is 2. The van der Waals surface area contributed by atoms with E-state index < -0.39 is 0 Å². The van der Waals surface area contributed by atoms with E-state index in [0.717, 1.165) is 45.9 Å². The van der Waals surface area contributed by atoms with Crippen molar-refractivity contribution in [2.45, 2.75) is 12.8 Å². The van der Waals surface area contributed by atoms with Crippen LogP contribution in [0.15, 0.2) is 42.5 Å². The number of para-hydroxylation sites is 1. The molecule has 0 amide bonds. The van der Waals surface area contributed by atoms with Gasteiger partial charge in [0.25, 0.3) is 0 Å². The number of aryl methyl sites for hydroxylation is 1. The largest absolute Gasteiger partial charge is 0.398 e. The summed E-state index contributed by atoms with van der Waals surface area (Å²) in [6, 6.07) is 14.3. The second kappa shape index (κ2) is 7.46. The Morgan fingerprint density at radius 2 is 1.71 bits per heavy atom. The number of rotatable bonds is 3. The van der Waals surface area contributed by atoms with Crippen molar-refractivity contribution in [2.24, 2.45) is 5.73 Å². The third-order valence-electron chi connectivity index (χ3n) is 3.48. The molecule has 5 heteroatoms. The molecule has 1 heterocycles. The van der Waals surface area contributed by atoms with Crippen molar-refractivity contribution in [2.75, 3.05) is 12.3 Å². The number of aromatic nitrogens is 1. The first kappa shape index (κ1) is 17.5. The highest BCUT2D eigenvalue weighted by Crippen LogP contribution is 2.27. The minimum absolute atomic E-state index is 0. The van der Waals surface area contributed by atoms with Crippen LogP contribution in [0.1, 0.15) is 12.0 Å². The molecule has 0 atom stereocenters. The van der Waals surface area contributed by atoms with Crippen molar-refractivity contribution in [3.63, 3.8) is 0 Å². The van der Waals surface area contributed by atoms with E-state index in [4.69, 9.17) is 11.5 Å². The van der Waals surface area contributed by atoms with Crippen LogP contribution in [-0.2, 0) is 6.42 Å². The molecule has 0 fully saturated rings. The Hall–Kier alpha value is -1.55. The van der Waals surface area contributed by atoms with Crippen LogP contribution in [0, 0.1) is 0 Å². The van der Waals surface area contributed by atoms with Crippen LogP contribution in [0.5, 0.6) is 0 Å². The summed E-state index contributed by atoms with van der Waals surface area (Å²) < 4.78 is 0. The van der Waals surface area contributed by atoms with Crippen LogP contribution >= 0.6 is 24.8 Å². The SMILES string of the molecule is Cl.Cl.NCCCc1ccc2nc3ccccc3cc2c1N.